The molecular formula is C32H29NO6. The summed E-state index contributed by atoms with van der Waals surface area (Å²) >= 11 is 0. The molecule has 0 radical (unpaired) electrons. The van der Waals surface area contributed by atoms with Crippen LogP contribution in [0.5, 0.6) is 11.5 Å². The van der Waals surface area contributed by atoms with E-state index in [0.29, 0.717) is 11.3 Å². The van der Waals surface area contributed by atoms with E-state index >= 15 is 0 Å². The zero-order valence-electron chi connectivity index (χ0n) is 21.7. The van der Waals surface area contributed by atoms with Crippen molar-refractivity contribution in [2.45, 2.75) is 18.4 Å². The van der Waals surface area contributed by atoms with Gasteiger partial charge in [0, 0.05) is 17.9 Å². The standard InChI is InChI=1S/C32H29NO6/c1-37-22-14-12-21(13-15-22)27-17-20(11-16-30(27)34)18-29(31(35)38-2)33-32(36)39-19-28-25-9-5-3-7-23(25)24-8-4-6-10-26(24)28/h3-17,28-29,34H,18-19H2,1-2H3,(H,33,36)/t29-/m0/s1. The molecule has 1 aliphatic carbocycles. The van der Waals surface area contributed by atoms with E-state index < -0.39 is 18.1 Å². The molecule has 39 heavy (non-hydrogen) atoms. The minimum absolute atomic E-state index is 0.0936. The molecule has 198 valence electrons. The first-order valence-electron chi connectivity index (χ1n) is 12.6. The number of hydrogen-bond acceptors (Lipinski definition) is 6. The lowest BCUT2D eigenvalue weighted by Crippen LogP contribution is -2.43. The fourth-order valence-corrected chi connectivity index (χ4v) is 5.07. The second-order valence-electron chi connectivity index (χ2n) is 9.33. The number of nitrogens with one attached hydrogen (secondary N) is 1. The maximum Gasteiger partial charge on any atom is 0.407 e. The van der Waals surface area contributed by atoms with Crippen LogP contribution in [0.25, 0.3) is 22.3 Å². The van der Waals surface area contributed by atoms with Crippen LogP contribution in [0.4, 0.5) is 4.79 Å². The zero-order chi connectivity index (χ0) is 27.4. The van der Waals surface area contributed by atoms with E-state index in [1.54, 1.807) is 37.4 Å². The lowest BCUT2D eigenvalue weighted by molar-refractivity contribution is -0.143. The fourth-order valence-electron chi connectivity index (χ4n) is 5.07. The number of aromatic hydroxyl groups is 1. The van der Waals surface area contributed by atoms with Gasteiger partial charge in [-0.15, -0.1) is 0 Å². The summed E-state index contributed by atoms with van der Waals surface area (Å²) in [4.78, 5) is 25.4. The van der Waals surface area contributed by atoms with Gasteiger partial charge in [0.1, 0.15) is 24.1 Å². The summed E-state index contributed by atoms with van der Waals surface area (Å²) in [6, 6.07) is 27.5. The number of carbonyl (C=O) groups excluding carboxylic acids is 2. The summed E-state index contributed by atoms with van der Waals surface area (Å²) in [5, 5.41) is 13.1. The van der Waals surface area contributed by atoms with Crippen LogP contribution in [0.2, 0.25) is 0 Å². The van der Waals surface area contributed by atoms with Gasteiger partial charge in [0.25, 0.3) is 0 Å². The minimum atomic E-state index is -0.973. The second-order valence-corrected chi connectivity index (χ2v) is 9.33. The summed E-state index contributed by atoms with van der Waals surface area (Å²) in [5.74, 6) is 0.113. The molecule has 7 nitrogen and oxygen atoms in total. The van der Waals surface area contributed by atoms with Crippen molar-refractivity contribution in [3.63, 3.8) is 0 Å². The lowest BCUT2D eigenvalue weighted by Gasteiger charge is -2.19. The highest BCUT2D eigenvalue weighted by molar-refractivity contribution is 5.82. The van der Waals surface area contributed by atoms with E-state index in [-0.39, 0.29) is 24.7 Å². The maximum atomic E-state index is 12.9. The SMILES string of the molecule is COC(=O)[C@H](Cc1ccc(O)c(-c2ccc(OC)cc2)c1)NC(=O)OCC1c2ccccc2-c2ccccc21. The summed E-state index contributed by atoms with van der Waals surface area (Å²) in [6.07, 6.45) is -0.554. The predicted molar refractivity (Wildman–Crippen MR) is 148 cm³/mol. The average Bonchev–Trinajstić information content (AvgIpc) is 3.30. The van der Waals surface area contributed by atoms with Gasteiger partial charge < -0.3 is 24.6 Å². The number of alkyl carbamates (subject to hydrolysis) is 1. The van der Waals surface area contributed by atoms with E-state index in [4.69, 9.17) is 14.2 Å². The van der Waals surface area contributed by atoms with Crippen molar-refractivity contribution < 1.29 is 28.9 Å². The van der Waals surface area contributed by atoms with E-state index in [2.05, 4.69) is 17.4 Å². The Morgan fingerprint density at radius 2 is 1.49 bits per heavy atom. The number of phenols is 1. The van der Waals surface area contributed by atoms with Crippen molar-refractivity contribution in [1.82, 2.24) is 5.32 Å². The van der Waals surface area contributed by atoms with Gasteiger partial charge in [-0.3, -0.25) is 0 Å². The molecule has 1 aliphatic rings. The predicted octanol–water partition coefficient (Wildman–Crippen LogP) is 5.69. The van der Waals surface area contributed by atoms with Crippen LogP contribution in [-0.2, 0) is 20.7 Å². The van der Waals surface area contributed by atoms with Crippen LogP contribution in [0.3, 0.4) is 0 Å². The Bertz CT molecular complexity index is 1450. The van der Waals surface area contributed by atoms with E-state index in [1.807, 2.05) is 48.5 Å². The van der Waals surface area contributed by atoms with Gasteiger partial charge in [0.2, 0.25) is 0 Å². The van der Waals surface area contributed by atoms with Crippen LogP contribution < -0.4 is 10.1 Å². The van der Waals surface area contributed by atoms with Crippen LogP contribution in [-0.4, -0.2) is 44.0 Å². The molecule has 0 fully saturated rings. The monoisotopic (exact) mass is 523 g/mol. The lowest BCUT2D eigenvalue weighted by atomic mass is 9.98. The number of carbonyl (C=O) groups is 2. The molecule has 4 aromatic carbocycles. The normalized spacial score (nSPS) is 12.7. The van der Waals surface area contributed by atoms with Gasteiger partial charge >= 0.3 is 12.1 Å². The molecule has 0 heterocycles. The number of phenolic OH excluding ortho intramolecular Hbond substituents is 1. The Morgan fingerprint density at radius 3 is 2.10 bits per heavy atom. The molecule has 4 aromatic rings. The van der Waals surface area contributed by atoms with Crippen molar-refractivity contribution in [3.8, 4) is 33.8 Å². The molecule has 0 saturated heterocycles. The zero-order valence-corrected chi connectivity index (χ0v) is 21.7. The first kappa shape index (κ1) is 25.9. The smallest absolute Gasteiger partial charge is 0.407 e. The van der Waals surface area contributed by atoms with Crippen molar-refractivity contribution >= 4 is 12.1 Å². The van der Waals surface area contributed by atoms with Crippen LogP contribution in [0.1, 0.15) is 22.6 Å². The largest absolute Gasteiger partial charge is 0.507 e. The molecule has 0 aliphatic heterocycles. The second kappa shape index (κ2) is 11.3. The number of esters is 1. The van der Waals surface area contributed by atoms with Crippen molar-refractivity contribution in [2.24, 2.45) is 0 Å². The Labute approximate surface area is 227 Å². The van der Waals surface area contributed by atoms with Gasteiger partial charge in [-0.1, -0.05) is 66.7 Å². The molecule has 0 aromatic heterocycles. The first-order chi connectivity index (χ1) is 19.0. The molecule has 5 rings (SSSR count). The third kappa shape index (κ3) is 5.43. The maximum absolute atomic E-state index is 12.9. The first-order valence-corrected chi connectivity index (χ1v) is 12.6. The summed E-state index contributed by atoms with van der Waals surface area (Å²) in [6.45, 7) is 0.134. The number of rotatable bonds is 8. The Kier molecular flexibility index (Phi) is 7.50. The van der Waals surface area contributed by atoms with Gasteiger partial charge in [-0.2, -0.15) is 0 Å². The molecule has 0 saturated carbocycles. The van der Waals surface area contributed by atoms with Crippen LogP contribution in [0, 0.1) is 0 Å². The summed E-state index contributed by atoms with van der Waals surface area (Å²) < 4.78 is 15.8. The molecular weight excluding hydrogens is 494 g/mol. The molecule has 7 heteroatoms. The number of benzene rings is 4. The third-order valence-corrected chi connectivity index (χ3v) is 7.02. The molecule has 2 N–H and O–H groups in total. The molecule has 0 bridgehead atoms. The summed E-state index contributed by atoms with van der Waals surface area (Å²) in [5.41, 5.74) is 6.59. The highest BCUT2D eigenvalue weighted by Crippen LogP contribution is 2.44. The highest BCUT2D eigenvalue weighted by Gasteiger charge is 2.30. The average molecular weight is 524 g/mol. The minimum Gasteiger partial charge on any atom is -0.507 e. The van der Waals surface area contributed by atoms with Crippen molar-refractivity contribution in [3.05, 3.63) is 108 Å². The fraction of sp³-hybridized carbons (Fsp3) is 0.188. The van der Waals surface area contributed by atoms with Gasteiger partial charge in [-0.25, -0.2) is 9.59 Å². The van der Waals surface area contributed by atoms with E-state index in [1.165, 1.54) is 7.11 Å². The Hall–Kier alpha value is -4.78. The Morgan fingerprint density at radius 1 is 0.846 bits per heavy atom. The van der Waals surface area contributed by atoms with Gasteiger partial charge in [-0.05, 0) is 57.6 Å². The highest BCUT2D eigenvalue weighted by atomic mass is 16.6. The van der Waals surface area contributed by atoms with E-state index in [0.717, 1.165) is 33.4 Å². The topological polar surface area (TPSA) is 94.1 Å². The number of methoxy groups -OCH3 is 2. The quantitative estimate of drug-likeness (QED) is 0.288. The summed E-state index contributed by atoms with van der Waals surface area (Å²) in [7, 11) is 2.86. The van der Waals surface area contributed by atoms with Crippen molar-refractivity contribution in [2.75, 3.05) is 20.8 Å². The number of amides is 1. The van der Waals surface area contributed by atoms with Gasteiger partial charge in [0.05, 0.1) is 14.2 Å². The molecule has 1 atom stereocenters. The molecule has 0 unspecified atom stereocenters. The van der Waals surface area contributed by atoms with Crippen LogP contribution >= 0.6 is 0 Å². The van der Waals surface area contributed by atoms with Crippen molar-refractivity contribution in [1.29, 1.82) is 0 Å². The number of fused-ring (bicyclic) bond motifs is 3. The van der Waals surface area contributed by atoms with E-state index in [9.17, 15) is 14.7 Å². The Balaban J connectivity index is 1.29. The third-order valence-electron chi connectivity index (χ3n) is 7.02. The molecule has 0 spiro atoms. The van der Waals surface area contributed by atoms with Crippen LogP contribution in [0.15, 0.2) is 91.0 Å². The van der Waals surface area contributed by atoms with Gasteiger partial charge in [0.15, 0.2) is 0 Å². The number of ether oxygens (including phenoxy) is 3. The number of hydrogen-bond donors (Lipinski definition) is 2. The molecule has 1 amide bonds.